The summed E-state index contributed by atoms with van der Waals surface area (Å²) in [7, 11) is -4.33. The molecule has 1 N–H and O–H groups in total. The Morgan fingerprint density at radius 2 is 1.03 bits per heavy atom. The summed E-state index contributed by atoms with van der Waals surface area (Å²) in [6.45, 7) is 11.6. The van der Waals surface area contributed by atoms with Crippen LogP contribution in [-0.4, -0.2) is 36.0 Å². The summed E-state index contributed by atoms with van der Waals surface area (Å²) in [6.07, 6.45) is 0. The van der Waals surface area contributed by atoms with E-state index in [2.05, 4.69) is 74.7 Å². The van der Waals surface area contributed by atoms with Crippen molar-refractivity contribution < 1.29 is 15.8 Å². The first-order valence-electron chi connectivity index (χ1n) is 12.3. The van der Waals surface area contributed by atoms with Crippen molar-refractivity contribution in [3.63, 3.8) is 0 Å². The zero-order valence-electron chi connectivity index (χ0n) is 24.1. The average Bonchev–Trinajstić information content (AvgIpc) is 2.91. The monoisotopic (exact) mass is 542 g/mol. The first-order valence-corrected chi connectivity index (χ1v) is 13.7. The van der Waals surface area contributed by atoms with E-state index in [-0.39, 0.29) is 30.8 Å². The summed E-state index contributed by atoms with van der Waals surface area (Å²) in [5.74, 6) is 0. The van der Waals surface area contributed by atoms with Crippen LogP contribution in [0.2, 0.25) is 0 Å². The number of hydrogen-bond acceptors (Lipinski definition) is 2. The fraction of sp³-hybridized carbons (Fsp3) is 0.0588. The normalized spacial score (nSPS) is 11.2. The maximum Gasteiger partial charge on any atom is 2.00 e. The van der Waals surface area contributed by atoms with Gasteiger partial charge in [0.05, 0.1) is 0 Å². The van der Waals surface area contributed by atoms with E-state index in [9.17, 15) is 13.0 Å². The number of rotatable bonds is 3. The summed E-state index contributed by atoms with van der Waals surface area (Å²) in [5.41, 5.74) is 3.40. The summed E-state index contributed by atoms with van der Waals surface area (Å²) >= 11 is 0. The smallest absolute Gasteiger partial charge is 1.00 e. The standard InChI is InChI=1S/C17H14O3S.C17H14.Mg.2H/c1-11(2)13-9-10-15-14-6-4-3-5-12(14)7-8-16(15)17(13)21(18,19)20;1-12(2)14-8-5-9-16-15-7-4-3-6-13(15)10-11-17(14)16;;;/h3-10H,1H2,2H3,(H,18,19,20);3-11H,1H2,2H3;;;/q;;+2;2*-1. The van der Waals surface area contributed by atoms with Gasteiger partial charge in [-0.2, -0.15) is 8.42 Å². The van der Waals surface area contributed by atoms with E-state index in [1.165, 1.54) is 27.1 Å². The molecule has 39 heavy (non-hydrogen) atoms. The van der Waals surface area contributed by atoms with Crippen molar-refractivity contribution in [2.75, 3.05) is 0 Å². The van der Waals surface area contributed by atoms with E-state index in [4.69, 9.17) is 0 Å². The molecule has 0 aromatic heterocycles. The summed E-state index contributed by atoms with van der Waals surface area (Å²) in [6, 6.07) is 34.2. The molecular weight excluding hydrogens is 513 g/mol. The Labute approximate surface area is 248 Å². The van der Waals surface area contributed by atoms with Gasteiger partial charge in [-0.15, -0.1) is 0 Å². The maximum absolute atomic E-state index is 11.8. The van der Waals surface area contributed by atoms with Crippen LogP contribution in [-0.2, 0) is 10.1 Å². The maximum atomic E-state index is 11.8. The van der Waals surface area contributed by atoms with Gasteiger partial charge in [-0.05, 0) is 68.3 Å². The number of hydrogen-bond donors (Lipinski definition) is 1. The summed E-state index contributed by atoms with van der Waals surface area (Å²) < 4.78 is 33.3. The first kappa shape index (κ1) is 28.5. The fourth-order valence-corrected chi connectivity index (χ4v) is 6.06. The molecule has 0 fully saturated rings. The van der Waals surface area contributed by atoms with Gasteiger partial charge in [0.1, 0.15) is 4.90 Å². The Morgan fingerprint density at radius 1 is 0.564 bits per heavy atom. The Morgan fingerprint density at radius 3 is 1.56 bits per heavy atom. The Balaban J connectivity index is 0.000000272. The average molecular weight is 543 g/mol. The van der Waals surface area contributed by atoms with Crippen LogP contribution in [0.25, 0.3) is 54.2 Å². The van der Waals surface area contributed by atoms with Gasteiger partial charge in [-0.25, -0.2) is 0 Å². The molecule has 0 unspecified atom stereocenters. The van der Waals surface area contributed by atoms with Gasteiger partial charge in [0.25, 0.3) is 10.1 Å². The quantitative estimate of drug-likeness (QED) is 0.138. The van der Waals surface area contributed by atoms with Crippen LogP contribution >= 0.6 is 0 Å². The zero-order valence-corrected chi connectivity index (χ0v) is 24.3. The molecular formula is C34H30MgO3S. The van der Waals surface area contributed by atoms with Gasteiger partial charge < -0.3 is 2.85 Å². The first-order chi connectivity index (χ1) is 18.2. The third-order valence-electron chi connectivity index (χ3n) is 6.84. The second-order valence-corrected chi connectivity index (χ2v) is 10.9. The molecule has 0 aliphatic heterocycles. The van der Waals surface area contributed by atoms with E-state index in [0.29, 0.717) is 16.5 Å². The molecule has 0 amide bonds. The topological polar surface area (TPSA) is 54.4 Å². The van der Waals surface area contributed by atoms with Crippen molar-refractivity contribution in [2.45, 2.75) is 18.7 Å². The van der Waals surface area contributed by atoms with Crippen LogP contribution in [0.3, 0.4) is 0 Å². The second-order valence-electron chi connectivity index (χ2n) is 9.55. The summed E-state index contributed by atoms with van der Waals surface area (Å²) in [5, 5.41) is 8.49. The molecule has 5 heteroatoms. The molecule has 3 nitrogen and oxygen atoms in total. The minimum atomic E-state index is -4.33. The van der Waals surface area contributed by atoms with E-state index in [1.54, 1.807) is 19.1 Å². The molecule has 6 rings (SSSR count). The van der Waals surface area contributed by atoms with Gasteiger partial charge in [0.15, 0.2) is 0 Å². The number of fused-ring (bicyclic) bond motifs is 6. The van der Waals surface area contributed by atoms with Crippen molar-refractivity contribution in [1.82, 2.24) is 0 Å². The molecule has 0 spiro atoms. The number of allylic oxidation sites excluding steroid dienone is 2. The molecule has 0 bridgehead atoms. The van der Waals surface area contributed by atoms with Crippen LogP contribution in [0.4, 0.5) is 0 Å². The van der Waals surface area contributed by atoms with Crippen LogP contribution in [0.15, 0.2) is 121 Å². The minimum absolute atomic E-state index is 0. The van der Waals surface area contributed by atoms with Gasteiger partial charge in [-0.3, -0.25) is 4.55 Å². The Bertz CT molecular complexity index is 2020. The second kappa shape index (κ2) is 11.3. The van der Waals surface area contributed by atoms with Gasteiger partial charge in [0, 0.05) is 5.39 Å². The van der Waals surface area contributed by atoms with E-state index in [0.717, 1.165) is 21.7 Å². The summed E-state index contributed by atoms with van der Waals surface area (Å²) in [4.78, 5) is -0.0711. The molecule has 0 saturated carbocycles. The predicted octanol–water partition coefficient (Wildman–Crippen LogP) is 9.14. The van der Waals surface area contributed by atoms with Gasteiger partial charge >= 0.3 is 23.1 Å². The SMILES string of the molecule is C=C(C)c1ccc2c(ccc3ccccc32)c1S(=O)(=O)O.C=C(C)c1cccc2c1ccc1ccccc12.[H-].[H-].[Mg+2]. The molecule has 0 aliphatic carbocycles. The van der Waals surface area contributed by atoms with Crippen molar-refractivity contribution >= 4 is 87.4 Å². The van der Waals surface area contributed by atoms with E-state index >= 15 is 0 Å². The van der Waals surface area contributed by atoms with E-state index in [1.807, 2.05) is 36.4 Å². The van der Waals surface area contributed by atoms with Gasteiger partial charge in [-0.1, -0.05) is 122 Å². The molecule has 0 heterocycles. The van der Waals surface area contributed by atoms with Crippen LogP contribution < -0.4 is 0 Å². The third-order valence-corrected chi connectivity index (χ3v) is 7.80. The molecule has 6 aromatic rings. The molecule has 0 atom stereocenters. The van der Waals surface area contributed by atoms with Crippen molar-refractivity contribution in [3.05, 3.63) is 127 Å². The fourth-order valence-electron chi connectivity index (χ4n) is 5.09. The molecule has 192 valence electrons. The predicted molar refractivity (Wildman–Crippen MR) is 170 cm³/mol. The van der Waals surface area contributed by atoms with Crippen molar-refractivity contribution in [1.29, 1.82) is 0 Å². The molecule has 6 aromatic carbocycles. The van der Waals surface area contributed by atoms with Crippen LogP contribution in [0, 0.1) is 0 Å². The number of benzene rings is 6. The minimum Gasteiger partial charge on any atom is -1.00 e. The van der Waals surface area contributed by atoms with Crippen LogP contribution in [0.1, 0.15) is 27.8 Å². The molecule has 0 aliphatic rings. The molecule has 0 radical (unpaired) electrons. The molecule has 0 saturated heterocycles. The van der Waals surface area contributed by atoms with Crippen molar-refractivity contribution in [3.8, 4) is 0 Å². The van der Waals surface area contributed by atoms with Gasteiger partial charge in [0.2, 0.25) is 0 Å². The van der Waals surface area contributed by atoms with Crippen LogP contribution in [0.5, 0.6) is 0 Å². The third kappa shape index (κ3) is 5.49. The van der Waals surface area contributed by atoms with Crippen molar-refractivity contribution in [2.24, 2.45) is 0 Å². The van der Waals surface area contributed by atoms with E-state index < -0.39 is 10.1 Å². The Kier molecular flexibility index (Phi) is 8.28. The largest absolute Gasteiger partial charge is 2.00 e. The Hall–Kier alpha value is -3.48. The zero-order chi connectivity index (χ0) is 27.0.